The largest absolute Gasteiger partial charge is 0.490 e. The molecule has 3 amide bonds. The maximum Gasteiger partial charge on any atom is 0.323 e. The second-order valence-electron chi connectivity index (χ2n) is 13.3. The number of aliphatic hydroxyl groups excluding tert-OH is 1. The Hall–Kier alpha value is -4.44. The number of nitrogens with one attached hydrogen (secondary N) is 2. The van der Waals surface area contributed by atoms with Crippen LogP contribution in [0.25, 0.3) is 10.8 Å². The molecule has 9 heteroatoms. The van der Waals surface area contributed by atoms with Crippen LogP contribution in [0.1, 0.15) is 56.0 Å². The molecular weight excluding hydrogens is 616 g/mol. The summed E-state index contributed by atoms with van der Waals surface area (Å²) in [5.74, 6) is 0.144. The van der Waals surface area contributed by atoms with Gasteiger partial charge in [-0.05, 0) is 75.4 Å². The Labute approximate surface area is 290 Å². The highest BCUT2D eigenvalue weighted by molar-refractivity contribution is 6.07. The van der Waals surface area contributed by atoms with Crippen LogP contribution >= 0.6 is 0 Å². The second kappa shape index (κ2) is 17.3. The van der Waals surface area contributed by atoms with Crippen LogP contribution in [0.15, 0.2) is 91.0 Å². The monoisotopic (exact) mass is 666 g/mol. The van der Waals surface area contributed by atoms with E-state index in [-0.39, 0.29) is 30.6 Å². The van der Waals surface area contributed by atoms with Crippen molar-refractivity contribution in [2.24, 2.45) is 5.92 Å². The molecule has 0 aliphatic carbocycles. The summed E-state index contributed by atoms with van der Waals surface area (Å²) in [6, 6.07) is 28.2. The number of amides is 3. The summed E-state index contributed by atoms with van der Waals surface area (Å²) in [6.07, 6.45) is 2.36. The Morgan fingerprint density at radius 1 is 0.980 bits per heavy atom. The summed E-state index contributed by atoms with van der Waals surface area (Å²) in [4.78, 5) is 31.6. The zero-order valence-electron chi connectivity index (χ0n) is 29.1. The number of benzene rings is 4. The number of fused-ring (bicyclic) bond motifs is 2. The van der Waals surface area contributed by atoms with Gasteiger partial charge in [0, 0.05) is 43.2 Å². The summed E-state index contributed by atoms with van der Waals surface area (Å²) in [6.45, 7) is 8.23. The lowest BCUT2D eigenvalue weighted by Gasteiger charge is -2.36. The van der Waals surface area contributed by atoms with E-state index in [9.17, 15) is 14.7 Å². The Bertz CT molecular complexity index is 1680. The van der Waals surface area contributed by atoms with E-state index < -0.39 is 12.1 Å². The molecule has 0 saturated heterocycles. The van der Waals surface area contributed by atoms with E-state index in [1.807, 2.05) is 74.5 Å². The highest BCUT2D eigenvalue weighted by atomic mass is 16.5. The molecule has 0 unspecified atom stereocenters. The first-order chi connectivity index (χ1) is 23.7. The van der Waals surface area contributed by atoms with Gasteiger partial charge in [-0.25, -0.2) is 4.79 Å². The van der Waals surface area contributed by atoms with Crippen molar-refractivity contribution in [3.63, 3.8) is 0 Å². The molecular formula is C40H50N4O5. The quantitative estimate of drug-likeness (QED) is 0.181. The third-order valence-corrected chi connectivity index (χ3v) is 9.13. The number of anilines is 2. The molecule has 0 fully saturated rings. The molecule has 1 heterocycles. The molecule has 49 heavy (non-hydrogen) atoms. The van der Waals surface area contributed by atoms with Crippen molar-refractivity contribution in [2.45, 2.75) is 64.8 Å². The molecule has 0 radical (unpaired) electrons. The summed E-state index contributed by atoms with van der Waals surface area (Å²) in [5.41, 5.74) is 2.70. The average molecular weight is 667 g/mol. The van der Waals surface area contributed by atoms with Gasteiger partial charge in [-0.1, -0.05) is 73.7 Å². The fourth-order valence-electron chi connectivity index (χ4n) is 6.35. The van der Waals surface area contributed by atoms with E-state index in [0.29, 0.717) is 42.4 Å². The van der Waals surface area contributed by atoms with E-state index in [0.717, 1.165) is 36.6 Å². The minimum absolute atomic E-state index is 0.0322. The molecule has 1 aliphatic rings. The second-order valence-corrected chi connectivity index (χ2v) is 13.3. The lowest BCUT2D eigenvalue weighted by molar-refractivity contribution is -0.0177. The van der Waals surface area contributed by atoms with Crippen molar-refractivity contribution in [3.05, 3.63) is 102 Å². The molecule has 260 valence electrons. The number of urea groups is 1. The predicted molar refractivity (Wildman–Crippen MR) is 196 cm³/mol. The van der Waals surface area contributed by atoms with E-state index >= 15 is 0 Å². The van der Waals surface area contributed by atoms with E-state index in [2.05, 4.69) is 41.6 Å². The summed E-state index contributed by atoms with van der Waals surface area (Å²) < 4.78 is 12.9. The number of likely N-dealkylation sites (N-methyl/N-ethyl adjacent to an activating group) is 1. The molecule has 5 rings (SSSR count). The highest BCUT2D eigenvalue weighted by Crippen LogP contribution is 2.29. The average Bonchev–Trinajstić information content (AvgIpc) is 3.10. The molecule has 4 atom stereocenters. The van der Waals surface area contributed by atoms with Crippen molar-refractivity contribution < 1.29 is 24.2 Å². The van der Waals surface area contributed by atoms with Gasteiger partial charge in [-0.2, -0.15) is 0 Å². The lowest BCUT2D eigenvalue weighted by atomic mass is 10.0. The number of nitrogens with zero attached hydrogens (tertiary/aromatic N) is 2. The molecule has 3 N–H and O–H groups in total. The van der Waals surface area contributed by atoms with Crippen molar-refractivity contribution in [1.29, 1.82) is 0 Å². The molecule has 0 saturated carbocycles. The number of aliphatic hydroxyl groups is 1. The van der Waals surface area contributed by atoms with E-state index in [1.54, 1.807) is 23.1 Å². The van der Waals surface area contributed by atoms with Crippen LogP contribution in [0.3, 0.4) is 0 Å². The Morgan fingerprint density at radius 2 is 1.73 bits per heavy atom. The van der Waals surface area contributed by atoms with Crippen LogP contribution in [0, 0.1) is 5.92 Å². The lowest BCUT2D eigenvalue weighted by Crippen LogP contribution is -2.47. The van der Waals surface area contributed by atoms with Gasteiger partial charge in [-0.3, -0.25) is 9.69 Å². The summed E-state index contributed by atoms with van der Waals surface area (Å²) >= 11 is 0. The van der Waals surface area contributed by atoms with Crippen molar-refractivity contribution in [1.82, 2.24) is 9.80 Å². The van der Waals surface area contributed by atoms with Gasteiger partial charge in [0.05, 0.1) is 36.1 Å². The maximum absolute atomic E-state index is 14.5. The Kier molecular flexibility index (Phi) is 12.6. The van der Waals surface area contributed by atoms with Gasteiger partial charge in [-0.15, -0.1) is 0 Å². The van der Waals surface area contributed by atoms with Crippen molar-refractivity contribution in [3.8, 4) is 5.75 Å². The van der Waals surface area contributed by atoms with Gasteiger partial charge in [0.25, 0.3) is 5.91 Å². The third-order valence-electron chi connectivity index (χ3n) is 9.13. The number of carbonyl (C=O) groups excluding carboxylic acids is 2. The molecule has 0 bridgehead atoms. The zero-order valence-corrected chi connectivity index (χ0v) is 29.1. The predicted octanol–water partition coefficient (Wildman–Crippen LogP) is 7.41. The SMILES string of the molecule is C[C@@H]1CCCCO[C@H](CN(C)Cc2ccccc2)[C@@H](C)CN([C@H](C)CO)C(=O)c2cc(NC(=O)Nc3cccc4ccccc34)ccc2O1. The van der Waals surface area contributed by atoms with Crippen LogP contribution in [-0.2, 0) is 11.3 Å². The zero-order chi connectivity index (χ0) is 34.8. The number of rotatable bonds is 8. The molecule has 4 aromatic carbocycles. The Morgan fingerprint density at radius 3 is 2.53 bits per heavy atom. The van der Waals surface area contributed by atoms with Crippen LogP contribution in [0.2, 0.25) is 0 Å². The first-order valence-corrected chi connectivity index (χ1v) is 17.3. The van der Waals surface area contributed by atoms with Gasteiger partial charge in [0.2, 0.25) is 0 Å². The number of carbonyl (C=O) groups is 2. The maximum atomic E-state index is 14.5. The molecule has 9 nitrogen and oxygen atoms in total. The number of hydrogen-bond donors (Lipinski definition) is 3. The number of ether oxygens (including phenoxy) is 2. The van der Waals surface area contributed by atoms with Crippen LogP contribution in [0.4, 0.5) is 16.2 Å². The minimum Gasteiger partial charge on any atom is -0.490 e. The van der Waals surface area contributed by atoms with Gasteiger partial charge >= 0.3 is 6.03 Å². The first kappa shape index (κ1) is 35.9. The van der Waals surface area contributed by atoms with Crippen molar-refractivity contribution >= 4 is 34.1 Å². The van der Waals surface area contributed by atoms with Crippen LogP contribution in [-0.4, -0.2) is 78.4 Å². The third kappa shape index (κ3) is 9.81. The molecule has 4 aromatic rings. The smallest absolute Gasteiger partial charge is 0.323 e. The van der Waals surface area contributed by atoms with Gasteiger partial charge in [0.15, 0.2) is 0 Å². The van der Waals surface area contributed by atoms with E-state index in [4.69, 9.17) is 9.47 Å². The summed E-state index contributed by atoms with van der Waals surface area (Å²) in [7, 11) is 2.09. The first-order valence-electron chi connectivity index (χ1n) is 17.3. The molecule has 0 aromatic heterocycles. The standard InChI is InChI=1S/C40H50N4O5/c1-28-24-44(29(2)27-45)39(46)35-23-33(41-40(47)42-36-19-12-17-32-16-8-9-18-34(32)36)20-21-37(35)49-30(3)13-10-11-22-48-38(28)26-43(4)25-31-14-6-5-7-15-31/h5-9,12,14-21,23,28-30,38,45H,10-11,13,22,24-27H2,1-4H3,(H2,41,42,47)/t28-,29+,30+,38+/m0/s1. The summed E-state index contributed by atoms with van der Waals surface area (Å²) in [5, 5.41) is 18.1. The topological polar surface area (TPSA) is 103 Å². The van der Waals surface area contributed by atoms with Crippen LogP contribution < -0.4 is 15.4 Å². The minimum atomic E-state index is -0.456. The normalized spacial score (nSPS) is 19.8. The van der Waals surface area contributed by atoms with Crippen LogP contribution in [0.5, 0.6) is 5.75 Å². The van der Waals surface area contributed by atoms with Gasteiger partial charge in [0.1, 0.15) is 5.75 Å². The molecule has 0 spiro atoms. The van der Waals surface area contributed by atoms with Crippen molar-refractivity contribution in [2.75, 3.05) is 44.0 Å². The molecule has 1 aliphatic heterocycles. The number of hydrogen-bond acceptors (Lipinski definition) is 6. The van der Waals surface area contributed by atoms with E-state index in [1.165, 1.54) is 5.56 Å². The fourth-order valence-corrected chi connectivity index (χ4v) is 6.35. The Balaban J connectivity index is 1.39. The fraction of sp³-hybridized carbons (Fsp3) is 0.400. The highest BCUT2D eigenvalue weighted by Gasteiger charge is 2.30. The van der Waals surface area contributed by atoms with Gasteiger partial charge < -0.3 is 30.1 Å².